The number of alkyl halides is 3. The molecule has 0 aliphatic carbocycles. The van der Waals surface area contributed by atoms with Crippen molar-refractivity contribution in [1.82, 2.24) is 0 Å². The molecule has 2 aromatic carbocycles. The molecule has 2 aromatic rings. The van der Waals surface area contributed by atoms with Crippen LogP contribution in [-0.4, -0.2) is 11.7 Å². The standard InChI is InChI=1S/C16H14F4N2OS/c1-2-23-12-6-4-11(5-7-12)21-15(24)22-14-9-10(16(18,19)20)3-8-13(14)17/h3-9H,2H2,1H3,(H2,21,22,24). The van der Waals surface area contributed by atoms with Crippen LogP contribution in [0.25, 0.3) is 0 Å². The van der Waals surface area contributed by atoms with Crippen molar-refractivity contribution >= 4 is 28.7 Å². The van der Waals surface area contributed by atoms with Crippen LogP contribution in [0.3, 0.4) is 0 Å². The third-order valence-electron chi connectivity index (χ3n) is 2.97. The minimum absolute atomic E-state index is 0.0302. The molecule has 0 bridgehead atoms. The summed E-state index contributed by atoms with van der Waals surface area (Å²) in [6, 6.07) is 8.86. The molecule has 128 valence electrons. The van der Waals surface area contributed by atoms with Crippen LogP contribution in [0.15, 0.2) is 42.5 Å². The highest BCUT2D eigenvalue weighted by molar-refractivity contribution is 7.80. The van der Waals surface area contributed by atoms with E-state index in [1.165, 1.54) is 0 Å². The van der Waals surface area contributed by atoms with E-state index in [4.69, 9.17) is 17.0 Å². The van der Waals surface area contributed by atoms with Gasteiger partial charge >= 0.3 is 6.18 Å². The van der Waals surface area contributed by atoms with Gasteiger partial charge in [-0.1, -0.05) is 0 Å². The molecule has 0 radical (unpaired) electrons. The summed E-state index contributed by atoms with van der Waals surface area (Å²) >= 11 is 5.00. The predicted molar refractivity (Wildman–Crippen MR) is 88.9 cm³/mol. The Morgan fingerprint density at radius 3 is 2.33 bits per heavy atom. The lowest BCUT2D eigenvalue weighted by atomic mass is 10.2. The third kappa shape index (κ3) is 4.82. The van der Waals surface area contributed by atoms with Gasteiger partial charge in [-0.25, -0.2) is 4.39 Å². The van der Waals surface area contributed by atoms with E-state index >= 15 is 0 Å². The fraction of sp³-hybridized carbons (Fsp3) is 0.188. The molecule has 0 amide bonds. The van der Waals surface area contributed by atoms with Gasteiger partial charge in [-0.15, -0.1) is 0 Å². The topological polar surface area (TPSA) is 33.3 Å². The van der Waals surface area contributed by atoms with Crippen LogP contribution < -0.4 is 15.4 Å². The normalized spacial score (nSPS) is 11.0. The molecule has 0 aliphatic rings. The number of halogens is 4. The first-order valence-corrected chi connectivity index (χ1v) is 7.38. The zero-order valence-corrected chi connectivity index (χ0v) is 13.4. The van der Waals surface area contributed by atoms with E-state index in [-0.39, 0.29) is 10.8 Å². The van der Waals surface area contributed by atoms with Gasteiger partial charge in [0.1, 0.15) is 11.6 Å². The average Bonchev–Trinajstić information content (AvgIpc) is 2.50. The van der Waals surface area contributed by atoms with Crippen LogP contribution in [0, 0.1) is 5.82 Å². The molecule has 2 rings (SSSR count). The molecule has 0 unspecified atom stereocenters. The van der Waals surface area contributed by atoms with Crippen LogP contribution in [0.1, 0.15) is 12.5 Å². The molecular formula is C16H14F4N2OS. The first kappa shape index (κ1) is 18.0. The maximum absolute atomic E-state index is 13.7. The van der Waals surface area contributed by atoms with Crippen molar-refractivity contribution in [3.63, 3.8) is 0 Å². The Hall–Kier alpha value is -2.35. The number of nitrogens with one attached hydrogen (secondary N) is 2. The Balaban J connectivity index is 2.06. The highest BCUT2D eigenvalue weighted by atomic mass is 32.1. The van der Waals surface area contributed by atoms with Crippen LogP contribution in [0.4, 0.5) is 28.9 Å². The zero-order valence-electron chi connectivity index (χ0n) is 12.6. The van der Waals surface area contributed by atoms with Crippen molar-refractivity contribution in [2.45, 2.75) is 13.1 Å². The largest absolute Gasteiger partial charge is 0.494 e. The highest BCUT2D eigenvalue weighted by Gasteiger charge is 2.31. The van der Waals surface area contributed by atoms with Crippen molar-refractivity contribution in [3.05, 3.63) is 53.8 Å². The van der Waals surface area contributed by atoms with Crippen LogP contribution in [0.2, 0.25) is 0 Å². The average molecular weight is 358 g/mol. The lowest BCUT2D eigenvalue weighted by Gasteiger charge is -2.14. The van der Waals surface area contributed by atoms with E-state index in [1.54, 1.807) is 24.3 Å². The van der Waals surface area contributed by atoms with Crippen LogP contribution in [-0.2, 0) is 6.18 Å². The van der Waals surface area contributed by atoms with Gasteiger partial charge in [-0.05, 0) is 61.6 Å². The van der Waals surface area contributed by atoms with Gasteiger partial charge in [0.25, 0.3) is 0 Å². The number of hydrogen-bond acceptors (Lipinski definition) is 2. The Morgan fingerprint density at radius 1 is 1.08 bits per heavy atom. The van der Waals surface area contributed by atoms with Gasteiger partial charge in [0.2, 0.25) is 0 Å². The lowest BCUT2D eigenvalue weighted by molar-refractivity contribution is -0.137. The van der Waals surface area contributed by atoms with E-state index in [9.17, 15) is 17.6 Å². The minimum Gasteiger partial charge on any atom is -0.494 e. The van der Waals surface area contributed by atoms with Crippen LogP contribution in [0.5, 0.6) is 5.75 Å². The molecule has 8 heteroatoms. The summed E-state index contributed by atoms with van der Waals surface area (Å²) in [6.07, 6.45) is -4.56. The van der Waals surface area contributed by atoms with Crippen molar-refractivity contribution in [2.75, 3.05) is 17.2 Å². The van der Waals surface area contributed by atoms with Gasteiger partial charge < -0.3 is 15.4 Å². The quantitative estimate of drug-likeness (QED) is 0.592. The summed E-state index contributed by atoms with van der Waals surface area (Å²) in [5.74, 6) is -0.162. The first-order valence-electron chi connectivity index (χ1n) is 6.97. The van der Waals surface area contributed by atoms with Gasteiger partial charge in [-0.3, -0.25) is 0 Å². The number of benzene rings is 2. The molecule has 0 atom stereocenters. The van der Waals surface area contributed by atoms with Crippen molar-refractivity contribution in [1.29, 1.82) is 0 Å². The minimum atomic E-state index is -4.56. The van der Waals surface area contributed by atoms with E-state index in [1.807, 2.05) is 6.92 Å². The fourth-order valence-corrected chi connectivity index (χ4v) is 2.11. The van der Waals surface area contributed by atoms with Crippen LogP contribution >= 0.6 is 12.2 Å². The molecule has 0 fully saturated rings. The Morgan fingerprint density at radius 2 is 1.75 bits per heavy atom. The zero-order chi connectivity index (χ0) is 17.7. The maximum atomic E-state index is 13.7. The van der Waals surface area contributed by atoms with E-state index in [0.717, 1.165) is 6.07 Å². The molecule has 0 saturated carbocycles. The second-order valence-electron chi connectivity index (χ2n) is 4.73. The summed E-state index contributed by atoms with van der Waals surface area (Å²) in [4.78, 5) is 0. The fourth-order valence-electron chi connectivity index (χ4n) is 1.88. The lowest BCUT2D eigenvalue weighted by Crippen LogP contribution is -2.20. The molecule has 2 N–H and O–H groups in total. The van der Waals surface area contributed by atoms with Gasteiger partial charge in [0.15, 0.2) is 5.11 Å². The number of ether oxygens (including phenoxy) is 1. The molecular weight excluding hydrogens is 344 g/mol. The predicted octanol–water partition coefficient (Wildman–Crippen LogP) is 5.05. The summed E-state index contributed by atoms with van der Waals surface area (Å²) in [5.41, 5.74) is -0.730. The molecule has 24 heavy (non-hydrogen) atoms. The Bertz CT molecular complexity index is 717. The van der Waals surface area contributed by atoms with E-state index in [2.05, 4.69) is 10.6 Å². The maximum Gasteiger partial charge on any atom is 0.416 e. The Kier molecular flexibility index (Phi) is 5.61. The van der Waals surface area contributed by atoms with Gasteiger partial charge in [0, 0.05) is 5.69 Å². The Labute approximate surface area is 141 Å². The number of anilines is 2. The molecule has 0 aliphatic heterocycles. The summed E-state index contributed by atoms with van der Waals surface area (Å²) < 4.78 is 57.0. The highest BCUT2D eigenvalue weighted by Crippen LogP contribution is 2.31. The molecule has 0 spiro atoms. The smallest absolute Gasteiger partial charge is 0.416 e. The molecule has 3 nitrogen and oxygen atoms in total. The number of thiocarbonyl (C=S) groups is 1. The summed E-state index contributed by atoms with van der Waals surface area (Å²) in [5, 5.41) is 5.16. The number of rotatable bonds is 4. The number of hydrogen-bond donors (Lipinski definition) is 2. The second kappa shape index (κ2) is 7.48. The van der Waals surface area contributed by atoms with Crippen molar-refractivity contribution < 1.29 is 22.3 Å². The van der Waals surface area contributed by atoms with Crippen molar-refractivity contribution in [3.8, 4) is 5.75 Å². The summed E-state index contributed by atoms with van der Waals surface area (Å²) in [7, 11) is 0. The third-order valence-corrected chi connectivity index (χ3v) is 3.17. The summed E-state index contributed by atoms with van der Waals surface area (Å²) in [6.45, 7) is 2.39. The van der Waals surface area contributed by atoms with Gasteiger partial charge in [0.05, 0.1) is 17.9 Å². The second-order valence-corrected chi connectivity index (χ2v) is 5.14. The van der Waals surface area contributed by atoms with Crippen molar-refractivity contribution in [2.24, 2.45) is 0 Å². The first-order chi connectivity index (χ1) is 11.3. The molecule has 0 aromatic heterocycles. The van der Waals surface area contributed by atoms with Gasteiger partial charge in [-0.2, -0.15) is 13.2 Å². The van der Waals surface area contributed by atoms with E-state index in [0.29, 0.717) is 30.2 Å². The molecule has 0 saturated heterocycles. The monoisotopic (exact) mass is 358 g/mol. The SMILES string of the molecule is CCOc1ccc(NC(=S)Nc2cc(C(F)(F)F)ccc2F)cc1. The molecule has 0 heterocycles. The van der Waals surface area contributed by atoms with E-state index < -0.39 is 17.6 Å².